The average Bonchev–Trinajstić information content (AvgIpc) is 3.04. The summed E-state index contributed by atoms with van der Waals surface area (Å²) in [5.41, 5.74) is -0.0993. The Balaban J connectivity index is 1.77. The van der Waals surface area contributed by atoms with E-state index in [1.807, 2.05) is 4.90 Å². The van der Waals surface area contributed by atoms with E-state index in [1.165, 1.54) is 6.07 Å². The largest absolute Gasteiger partial charge is 0.342 e. The van der Waals surface area contributed by atoms with Crippen molar-refractivity contribution < 1.29 is 13.6 Å². The van der Waals surface area contributed by atoms with Gasteiger partial charge in [0.1, 0.15) is 11.6 Å². The van der Waals surface area contributed by atoms with Crippen LogP contribution >= 0.6 is 11.8 Å². The van der Waals surface area contributed by atoms with Crippen molar-refractivity contribution in [2.75, 3.05) is 13.1 Å². The fourth-order valence-corrected chi connectivity index (χ4v) is 4.83. The Hall–Kier alpha value is -2.74. The number of amides is 1. The number of hydrogen-bond donors (Lipinski definition) is 0. The Morgan fingerprint density at radius 2 is 1.77 bits per heavy atom. The van der Waals surface area contributed by atoms with E-state index < -0.39 is 22.4 Å². The molecule has 1 saturated heterocycles. The van der Waals surface area contributed by atoms with E-state index in [0.29, 0.717) is 24.0 Å². The maximum absolute atomic E-state index is 14.6. The summed E-state index contributed by atoms with van der Waals surface area (Å²) in [6.07, 6.45) is 4.17. The minimum Gasteiger partial charge on any atom is -0.342 e. The number of fused-ring (bicyclic) bond motifs is 1. The molecule has 8 heteroatoms. The molecule has 5 nitrogen and oxygen atoms in total. The van der Waals surface area contributed by atoms with Crippen molar-refractivity contribution in [3.05, 3.63) is 64.5 Å². The third kappa shape index (κ3) is 4.49. The zero-order chi connectivity index (χ0) is 22.0. The van der Waals surface area contributed by atoms with Gasteiger partial charge in [0.2, 0.25) is 5.91 Å². The van der Waals surface area contributed by atoms with Gasteiger partial charge in [-0.15, -0.1) is 0 Å². The van der Waals surface area contributed by atoms with Gasteiger partial charge in [-0.1, -0.05) is 36.7 Å². The minimum absolute atomic E-state index is 0.0274. The van der Waals surface area contributed by atoms with Crippen molar-refractivity contribution in [2.45, 2.75) is 43.0 Å². The van der Waals surface area contributed by atoms with E-state index >= 15 is 0 Å². The number of nitrogens with zero attached hydrogens (tertiary/aromatic N) is 3. The summed E-state index contributed by atoms with van der Waals surface area (Å²) in [6.45, 7) is 3.20. The first-order valence-corrected chi connectivity index (χ1v) is 11.3. The molecule has 31 heavy (non-hydrogen) atoms. The number of carbonyl (C=O) groups is 1. The van der Waals surface area contributed by atoms with Gasteiger partial charge in [-0.05, 0) is 44.0 Å². The Bertz CT molecular complexity index is 1170. The summed E-state index contributed by atoms with van der Waals surface area (Å²) in [7, 11) is 0. The van der Waals surface area contributed by atoms with E-state index in [2.05, 4.69) is 4.98 Å². The van der Waals surface area contributed by atoms with Gasteiger partial charge >= 0.3 is 0 Å². The lowest BCUT2D eigenvalue weighted by Gasteiger charge is -2.24. The molecule has 0 N–H and O–H groups in total. The van der Waals surface area contributed by atoms with Gasteiger partial charge in [-0.3, -0.25) is 14.2 Å². The van der Waals surface area contributed by atoms with Gasteiger partial charge in [0.15, 0.2) is 5.16 Å². The average molecular weight is 444 g/mol. The van der Waals surface area contributed by atoms with Crippen molar-refractivity contribution in [1.29, 1.82) is 0 Å². The number of hydrogen-bond acceptors (Lipinski definition) is 4. The molecule has 2 heterocycles. The van der Waals surface area contributed by atoms with Gasteiger partial charge in [0.05, 0.1) is 21.8 Å². The lowest BCUT2D eigenvalue weighted by Crippen LogP contribution is -2.37. The van der Waals surface area contributed by atoms with Crippen LogP contribution in [0, 0.1) is 11.6 Å². The van der Waals surface area contributed by atoms with Crippen LogP contribution in [0.5, 0.6) is 0 Å². The SMILES string of the molecule is CC(Sc1nc2ccccc2c(=O)n1-c1ccc(F)cc1F)C(=O)N1CCCCCC1. The summed E-state index contributed by atoms with van der Waals surface area (Å²) in [6, 6.07) is 9.83. The van der Waals surface area contributed by atoms with E-state index in [-0.39, 0.29) is 16.8 Å². The number of benzene rings is 2. The maximum atomic E-state index is 14.6. The van der Waals surface area contributed by atoms with Crippen LogP contribution in [-0.4, -0.2) is 38.7 Å². The molecule has 1 aliphatic heterocycles. The molecule has 162 valence electrons. The molecule has 1 aliphatic rings. The first kappa shape index (κ1) is 21.5. The van der Waals surface area contributed by atoms with Crippen LogP contribution in [0.3, 0.4) is 0 Å². The van der Waals surface area contributed by atoms with Crippen molar-refractivity contribution in [3.8, 4) is 5.69 Å². The van der Waals surface area contributed by atoms with Gasteiger partial charge in [0.25, 0.3) is 5.56 Å². The quantitative estimate of drug-likeness (QED) is 0.439. The van der Waals surface area contributed by atoms with Crippen LogP contribution in [0.25, 0.3) is 16.6 Å². The van der Waals surface area contributed by atoms with Crippen molar-refractivity contribution in [3.63, 3.8) is 0 Å². The molecule has 4 rings (SSSR count). The molecule has 3 aromatic rings. The molecule has 1 unspecified atom stereocenters. The van der Waals surface area contributed by atoms with Crippen molar-refractivity contribution in [2.24, 2.45) is 0 Å². The molecule has 0 spiro atoms. The normalized spacial score (nSPS) is 15.6. The summed E-state index contributed by atoms with van der Waals surface area (Å²) in [4.78, 5) is 32.7. The molecule has 0 saturated carbocycles. The molecule has 1 amide bonds. The summed E-state index contributed by atoms with van der Waals surface area (Å²) < 4.78 is 29.2. The third-order valence-corrected chi connectivity index (χ3v) is 6.48. The number of halogens is 2. The number of carbonyl (C=O) groups excluding carboxylic acids is 1. The molecule has 2 aromatic carbocycles. The first-order chi connectivity index (χ1) is 15.0. The second-order valence-electron chi connectivity index (χ2n) is 7.65. The molecule has 1 fully saturated rings. The van der Waals surface area contributed by atoms with E-state index in [9.17, 15) is 18.4 Å². The lowest BCUT2D eigenvalue weighted by molar-refractivity contribution is -0.130. The van der Waals surface area contributed by atoms with Crippen LogP contribution in [0.2, 0.25) is 0 Å². The Labute approximate surface area is 183 Å². The molecular weight excluding hydrogens is 420 g/mol. The summed E-state index contributed by atoms with van der Waals surface area (Å²) in [5, 5.41) is 0.00729. The highest BCUT2D eigenvalue weighted by Crippen LogP contribution is 2.28. The van der Waals surface area contributed by atoms with E-state index in [0.717, 1.165) is 54.1 Å². The van der Waals surface area contributed by atoms with Crippen molar-refractivity contribution >= 4 is 28.6 Å². The fraction of sp³-hybridized carbons (Fsp3) is 0.348. The summed E-state index contributed by atoms with van der Waals surface area (Å²) >= 11 is 1.12. The van der Waals surface area contributed by atoms with Crippen LogP contribution in [0.4, 0.5) is 8.78 Å². The standard InChI is InChI=1S/C23H23F2N3O2S/c1-15(21(29)27-12-6-2-3-7-13-27)31-23-26-19-9-5-4-8-17(19)22(30)28(23)20-11-10-16(24)14-18(20)25/h4-5,8-11,14-15H,2-3,6-7,12-13H2,1H3. The molecule has 0 radical (unpaired) electrons. The number of rotatable bonds is 4. The maximum Gasteiger partial charge on any atom is 0.266 e. The monoisotopic (exact) mass is 443 g/mol. The van der Waals surface area contributed by atoms with Crippen LogP contribution < -0.4 is 5.56 Å². The molecular formula is C23H23F2N3O2S. The zero-order valence-electron chi connectivity index (χ0n) is 17.2. The molecule has 1 atom stereocenters. The predicted octanol–water partition coefficient (Wildman–Crippen LogP) is 4.55. The fourth-order valence-electron chi connectivity index (χ4n) is 3.82. The van der Waals surface area contributed by atoms with Gasteiger partial charge in [-0.25, -0.2) is 13.8 Å². The van der Waals surface area contributed by atoms with Crippen LogP contribution in [-0.2, 0) is 4.79 Å². The first-order valence-electron chi connectivity index (χ1n) is 10.4. The minimum atomic E-state index is -0.868. The Kier molecular flexibility index (Phi) is 6.36. The van der Waals surface area contributed by atoms with Crippen LogP contribution in [0.15, 0.2) is 52.4 Å². The lowest BCUT2D eigenvalue weighted by atomic mass is 10.2. The van der Waals surface area contributed by atoms with Gasteiger partial charge < -0.3 is 4.90 Å². The smallest absolute Gasteiger partial charge is 0.266 e. The number of likely N-dealkylation sites (tertiary alicyclic amines) is 1. The number of aromatic nitrogens is 2. The number of para-hydroxylation sites is 1. The van der Waals surface area contributed by atoms with Gasteiger partial charge in [0, 0.05) is 19.2 Å². The highest BCUT2D eigenvalue weighted by atomic mass is 32.2. The second-order valence-corrected chi connectivity index (χ2v) is 8.96. The van der Waals surface area contributed by atoms with E-state index in [4.69, 9.17) is 0 Å². The molecule has 0 aliphatic carbocycles. The molecule has 0 bridgehead atoms. The highest BCUT2D eigenvalue weighted by molar-refractivity contribution is 8.00. The predicted molar refractivity (Wildman–Crippen MR) is 118 cm³/mol. The second kappa shape index (κ2) is 9.18. The Morgan fingerprint density at radius 1 is 1.06 bits per heavy atom. The molecule has 1 aromatic heterocycles. The number of thioether (sulfide) groups is 1. The zero-order valence-corrected chi connectivity index (χ0v) is 18.0. The summed E-state index contributed by atoms with van der Waals surface area (Å²) in [5.74, 6) is -1.63. The highest BCUT2D eigenvalue weighted by Gasteiger charge is 2.25. The van der Waals surface area contributed by atoms with Gasteiger partial charge in [-0.2, -0.15) is 0 Å². The van der Waals surface area contributed by atoms with E-state index in [1.54, 1.807) is 31.2 Å². The Morgan fingerprint density at radius 3 is 2.48 bits per heavy atom. The van der Waals surface area contributed by atoms with Crippen molar-refractivity contribution in [1.82, 2.24) is 14.5 Å². The topological polar surface area (TPSA) is 55.2 Å². The van der Waals surface area contributed by atoms with Crippen LogP contribution in [0.1, 0.15) is 32.6 Å². The third-order valence-electron chi connectivity index (χ3n) is 5.44.